The van der Waals surface area contributed by atoms with E-state index in [1.807, 2.05) is 17.5 Å². The summed E-state index contributed by atoms with van der Waals surface area (Å²) in [6.45, 7) is 5.42. The fourth-order valence-electron chi connectivity index (χ4n) is 2.63. The van der Waals surface area contributed by atoms with Gasteiger partial charge >= 0.3 is 0 Å². The van der Waals surface area contributed by atoms with E-state index >= 15 is 0 Å². The third-order valence-corrected chi connectivity index (χ3v) is 4.72. The van der Waals surface area contributed by atoms with Gasteiger partial charge in [-0.15, -0.1) is 11.3 Å². The van der Waals surface area contributed by atoms with Crippen LogP contribution in [0, 0.1) is 0 Å². The molecule has 1 fully saturated rings. The van der Waals surface area contributed by atoms with Crippen LogP contribution < -0.4 is 5.32 Å². The number of thiophene rings is 1. The molecule has 0 spiro atoms. The summed E-state index contributed by atoms with van der Waals surface area (Å²) >= 11 is 1.63. The summed E-state index contributed by atoms with van der Waals surface area (Å²) in [6.07, 6.45) is 1.66. The molecule has 0 radical (unpaired) electrons. The topological polar surface area (TPSA) is 79.0 Å². The fraction of sp³-hybridized carbons (Fsp3) is 0.400. The van der Waals surface area contributed by atoms with Crippen LogP contribution in [0.1, 0.15) is 0 Å². The first-order chi connectivity index (χ1) is 11.4. The standard InChI is InChI=1S/C15H18N6OS/c1-2-11(23-9-1)13-19-14(12-15(20-13)18-10-17-12)16-3-4-21-5-7-22-8-6-21/h1-2,9-10H,3-8H2,(H2,16,17,18,19,20). The molecule has 0 amide bonds. The zero-order chi connectivity index (χ0) is 15.5. The predicted octanol–water partition coefficient (Wildman–Crippen LogP) is 1.83. The minimum absolute atomic E-state index is 0.692. The zero-order valence-electron chi connectivity index (χ0n) is 12.7. The van der Waals surface area contributed by atoms with E-state index in [9.17, 15) is 0 Å². The second-order valence-corrected chi connectivity index (χ2v) is 6.30. The molecule has 4 rings (SSSR count). The Morgan fingerprint density at radius 1 is 1.30 bits per heavy atom. The third kappa shape index (κ3) is 3.19. The van der Waals surface area contributed by atoms with E-state index < -0.39 is 0 Å². The van der Waals surface area contributed by atoms with Gasteiger partial charge in [0.05, 0.1) is 24.4 Å². The molecule has 120 valence electrons. The van der Waals surface area contributed by atoms with Crippen LogP contribution in [0.4, 0.5) is 5.82 Å². The number of H-pyrrole nitrogens is 1. The summed E-state index contributed by atoms with van der Waals surface area (Å²) in [6, 6.07) is 4.03. The number of imidazole rings is 1. The zero-order valence-corrected chi connectivity index (χ0v) is 13.5. The van der Waals surface area contributed by atoms with Crippen LogP contribution in [0.15, 0.2) is 23.8 Å². The summed E-state index contributed by atoms with van der Waals surface area (Å²) < 4.78 is 5.37. The Balaban J connectivity index is 1.52. The van der Waals surface area contributed by atoms with E-state index in [-0.39, 0.29) is 0 Å². The maximum Gasteiger partial charge on any atom is 0.183 e. The number of fused-ring (bicyclic) bond motifs is 1. The molecule has 1 aliphatic rings. The summed E-state index contributed by atoms with van der Waals surface area (Å²) in [5, 5.41) is 5.45. The SMILES string of the molecule is c1csc(-c2nc(NCCN3CCOCC3)c3[nH]cnc3n2)c1. The quantitative estimate of drug-likeness (QED) is 0.743. The van der Waals surface area contributed by atoms with Gasteiger partial charge in [-0.1, -0.05) is 6.07 Å². The van der Waals surface area contributed by atoms with Crippen LogP contribution in [0.2, 0.25) is 0 Å². The molecule has 0 unspecified atom stereocenters. The first kappa shape index (κ1) is 14.6. The minimum Gasteiger partial charge on any atom is -0.379 e. The highest BCUT2D eigenvalue weighted by atomic mass is 32.1. The molecule has 8 heteroatoms. The van der Waals surface area contributed by atoms with Crippen molar-refractivity contribution >= 4 is 28.3 Å². The number of anilines is 1. The Morgan fingerprint density at radius 3 is 3.04 bits per heavy atom. The molecular formula is C15H18N6OS. The van der Waals surface area contributed by atoms with Crippen molar-refractivity contribution in [2.24, 2.45) is 0 Å². The van der Waals surface area contributed by atoms with Crippen LogP contribution in [-0.4, -0.2) is 64.2 Å². The lowest BCUT2D eigenvalue weighted by Crippen LogP contribution is -2.39. The Labute approximate surface area is 137 Å². The molecule has 7 nitrogen and oxygen atoms in total. The third-order valence-electron chi connectivity index (χ3n) is 3.85. The molecule has 4 heterocycles. The monoisotopic (exact) mass is 330 g/mol. The highest BCUT2D eigenvalue weighted by Gasteiger charge is 2.13. The lowest BCUT2D eigenvalue weighted by atomic mass is 10.4. The number of aromatic nitrogens is 4. The lowest BCUT2D eigenvalue weighted by Gasteiger charge is -2.26. The number of hydrogen-bond donors (Lipinski definition) is 2. The number of hydrogen-bond acceptors (Lipinski definition) is 7. The lowest BCUT2D eigenvalue weighted by molar-refractivity contribution is 0.0398. The number of aromatic amines is 1. The van der Waals surface area contributed by atoms with E-state index in [0.29, 0.717) is 11.5 Å². The molecule has 0 aromatic carbocycles. The Bertz CT molecular complexity index is 765. The molecule has 2 N–H and O–H groups in total. The number of nitrogens with one attached hydrogen (secondary N) is 2. The van der Waals surface area contributed by atoms with Crippen molar-refractivity contribution < 1.29 is 4.74 Å². The van der Waals surface area contributed by atoms with Gasteiger partial charge in [-0.05, 0) is 11.4 Å². The highest BCUT2D eigenvalue weighted by Crippen LogP contribution is 2.25. The van der Waals surface area contributed by atoms with Crippen molar-refractivity contribution in [3.05, 3.63) is 23.8 Å². The fourth-order valence-corrected chi connectivity index (χ4v) is 3.29. The van der Waals surface area contributed by atoms with Crippen molar-refractivity contribution in [3.63, 3.8) is 0 Å². The van der Waals surface area contributed by atoms with Gasteiger partial charge < -0.3 is 15.0 Å². The Morgan fingerprint density at radius 2 is 2.22 bits per heavy atom. The van der Waals surface area contributed by atoms with Crippen LogP contribution in [-0.2, 0) is 4.74 Å². The molecule has 1 aliphatic heterocycles. The molecule has 0 aliphatic carbocycles. The van der Waals surface area contributed by atoms with Gasteiger partial charge in [0.2, 0.25) is 0 Å². The number of morpholine rings is 1. The molecule has 3 aromatic heterocycles. The van der Waals surface area contributed by atoms with E-state index in [1.165, 1.54) is 0 Å². The molecule has 1 saturated heterocycles. The van der Waals surface area contributed by atoms with E-state index in [1.54, 1.807) is 17.7 Å². The highest BCUT2D eigenvalue weighted by molar-refractivity contribution is 7.13. The van der Waals surface area contributed by atoms with Gasteiger partial charge in [0.25, 0.3) is 0 Å². The Hall–Kier alpha value is -2.03. The summed E-state index contributed by atoms with van der Waals surface area (Å²) in [5.74, 6) is 1.53. The van der Waals surface area contributed by atoms with E-state index in [0.717, 1.165) is 55.6 Å². The van der Waals surface area contributed by atoms with Crippen molar-refractivity contribution in [3.8, 4) is 10.7 Å². The maximum atomic E-state index is 5.37. The van der Waals surface area contributed by atoms with Gasteiger partial charge in [-0.3, -0.25) is 4.90 Å². The predicted molar refractivity (Wildman–Crippen MR) is 90.7 cm³/mol. The first-order valence-electron chi connectivity index (χ1n) is 7.69. The number of nitrogens with zero attached hydrogens (tertiary/aromatic N) is 4. The van der Waals surface area contributed by atoms with Crippen LogP contribution >= 0.6 is 11.3 Å². The van der Waals surface area contributed by atoms with E-state index in [2.05, 4.69) is 30.2 Å². The van der Waals surface area contributed by atoms with Crippen molar-refractivity contribution in [2.45, 2.75) is 0 Å². The van der Waals surface area contributed by atoms with Crippen LogP contribution in [0.5, 0.6) is 0 Å². The van der Waals surface area contributed by atoms with Gasteiger partial charge in [-0.25, -0.2) is 15.0 Å². The normalized spacial score (nSPS) is 16.0. The molecule has 0 saturated carbocycles. The van der Waals surface area contributed by atoms with Gasteiger partial charge in [-0.2, -0.15) is 0 Å². The first-order valence-corrected chi connectivity index (χ1v) is 8.57. The van der Waals surface area contributed by atoms with Crippen molar-refractivity contribution in [1.82, 2.24) is 24.8 Å². The van der Waals surface area contributed by atoms with Crippen molar-refractivity contribution in [2.75, 3.05) is 44.7 Å². The smallest absolute Gasteiger partial charge is 0.183 e. The average molecular weight is 330 g/mol. The number of ether oxygens (including phenoxy) is 1. The molecule has 3 aromatic rings. The molecular weight excluding hydrogens is 312 g/mol. The largest absolute Gasteiger partial charge is 0.379 e. The molecule has 0 bridgehead atoms. The maximum absolute atomic E-state index is 5.37. The van der Waals surface area contributed by atoms with Gasteiger partial charge in [0, 0.05) is 26.2 Å². The minimum atomic E-state index is 0.692. The Kier molecular flexibility index (Phi) is 4.18. The van der Waals surface area contributed by atoms with Gasteiger partial charge in [0.1, 0.15) is 5.52 Å². The van der Waals surface area contributed by atoms with E-state index in [4.69, 9.17) is 4.74 Å². The summed E-state index contributed by atoms with van der Waals surface area (Å²) in [7, 11) is 0. The summed E-state index contributed by atoms with van der Waals surface area (Å²) in [4.78, 5) is 20.0. The average Bonchev–Trinajstić information content (AvgIpc) is 3.27. The summed E-state index contributed by atoms with van der Waals surface area (Å²) in [5.41, 5.74) is 1.55. The molecule has 23 heavy (non-hydrogen) atoms. The molecule has 0 atom stereocenters. The van der Waals surface area contributed by atoms with Crippen molar-refractivity contribution in [1.29, 1.82) is 0 Å². The van der Waals surface area contributed by atoms with Crippen LogP contribution in [0.25, 0.3) is 21.9 Å². The van der Waals surface area contributed by atoms with Crippen LogP contribution in [0.3, 0.4) is 0 Å². The second-order valence-electron chi connectivity index (χ2n) is 5.36. The second kappa shape index (κ2) is 6.61. The number of rotatable bonds is 5. The van der Waals surface area contributed by atoms with Gasteiger partial charge in [0.15, 0.2) is 17.3 Å².